The van der Waals surface area contributed by atoms with Crippen molar-refractivity contribution < 1.29 is 5.11 Å². The molecule has 1 aliphatic carbocycles. The first kappa shape index (κ1) is 25.9. The van der Waals surface area contributed by atoms with Gasteiger partial charge < -0.3 is 5.11 Å². The Morgan fingerprint density at radius 2 is 1.07 bits per heavy atom. The summed E-state index contributed by atoms with van der Waals surface area (Å²) in [4.78, 5) is 10.5. The van der Waals surface area contributed by atoms with E-state index in [9.17, 15) is 5.11 Å². The van der Waals surface area contributed by atoms with Gasteiger partial charge in [-0.3, -0.25) is 9.97 Å². The fourth-order valence-electron chi connectivity index (χ4n) is 6.81. The maximum Gasteiger partial charge on any atom is 0.123 e. The molecule has 0 amide bonds. The molecule has 2 aromatic heterocycles. The minimum absolute atomic E-state index is 0.251. The van der Waals surface area contributed by atoms with E-state index in [1.165, 1.54) is 22.3 Å². The predicted octanol–water partition coefficient (Wildman–Crippen LogP) is 9.55. The zero-order valence-corrected chi connectivity index (χ0v) is 23.9. The molecule has 5 aromatic carbocycles. The summed E-state index contributed by atoms with van der Waals surface area (Å²) >= 11 is 0. The van der Waals surface area contributed by atoms with Gasteiger partial charge in [0, 0.05) is 17.3 Å². The van der Waals surface area contributed by atoms with E-state index in [-0.39, 0.29) is 5.75 Å². The highest BCUT2D eigenvalue weighted by atomic mass is 16.3. The van der Waals surface area contributed by atoms with Crippen LogP contribution in [0.3, 0.4) is 0 Å². The van der Waals surface area contributed by atoms with E-state index in [1.807, 2.05) is 36.5 Å². The van der Waals surface area contributed by atoms with Crippen molar-refractivity contribution in [3.05, 3.63) is 186 Å². The van der Waals surface area contributed by atoms with Gasteiger partial charge in [-0.1, -0.05) is 121 Å². The van der Waals surface area contributed by atoms with Gasteiger partial charge >= 0.3 is 0 Å². The van der Waals surface area contributed by atoms with Gasteiger partial charge in [0.15, 0.2) is 0 Å². The maximum atomic E-state index is 10.7. The van der Waals surface area contributed by atoms with Crippen molar-refractivity contribution in [1.29, 1.82) is 0 Å². The molecule has 8 rings (SSSR count). The lowest BCUT2D eigenvalue weighted by molar-refractivity contribution is 0.477. The number of pyridine rings is 2. The molecular formula is C41H28N2O. The highest BCUT2D eigenvalue weighted by Crippen LogP contribution is 2.55. The number of para-hydroxylation sites is 1. The number of phenolic OH excluding ortho intramolecular Hbond substituents is 1. The molecule has 0 saturated heterocycles. The van der Waals surface area contributed by atoms with E-state index in [2.05, 4.69) is 121 Å². The van der Waals surface area contributed by atoms with Gasteiger partial charge in [0.2, 0.25) is 0 Å². The van der Waals surface area contributed by atoms with E-state index >= 15 is 0 Å². The van der Waals surface area contributed by atoms with E-state index in [0.717, 1.165) is 44.9 Å². The summed E-state index contributed by atoms with van der Waals surface area (Å²) in [6.07, 6.45) is 1.87. The summed E-state index contributed by atoms with van der Waals surface area (Å²) in [6.45, 7) is 0. The number of benzene rings is 5. The van der Waals surface area contributed by atoms with Crippen molar-refractivity contribution in [3.63, 3.8) is 0 Å². The molecular weight excluding hydrogens is 536 g/mol. The van der Waals surface area contributed by atoms with Crippen molar-refractivity contribution in [2.75, 3.05) is 0 Å². The number of hydrogen-bond donors (Lipinski definition) is 1. The molecule has 1 N–H and O–H groups in total. The first-order chi connectivity index (χ1) is 21.7. The monoisotopic (exact) mass is 564 g/mol. The Bertz CT molecular complexity index is 2090. The van der Waals surface area contributed by atoms with E-state index in [1.54, 1.807) is 6.07 Å². The highest BCUT2D eigenvalue weighted by molar-refractivity contribution is 5.88. The van der Waals surface area contributed by atoms with Crippen LogP contribution in [0.25, 0.3) is 44.6 Å². The first-order valence-corrected chi connectivity index (χ1v) is 14.8. The molecule has 44 heavy (non-hydrogen) atoms. The van der Waals surface area contributed by atoms with Gasteiger partial charge in [-0.15, -0.1) is 0 Å². The molecule has 0 spiro atoms. The fraction of sp³-hybridized carbons (Fsp3) is 0.0244. The largest absolute Gasteiger partial charge is 0.507 e. The first-order valence-electron chi connectivity index (χ1n) is 14.8. The Labute approximate surface area is 256 Å². The van der Waals surface area contributed by atoms with Crippen LogP contribution in [-0.4, -0.2) is 15.1 Å². The van der Waals surface area contributed by atoms with E-state index < -0.39 is 5.41 Å². The number of aromatic hydroxyl groups is 1. The second-order valence-electron chi connectivity index (χ2n) is 11.1. The third-order valence-electron chi connectivity index (χ3n) is 8.73. The topological polar surface area (TPSA) is 46.0 Å². The highest BCUT2D eigenvalue weighted by Gasteiger charge is 2.48. The average Bonchev–Trinajstić information content (AvgIpc) is 3.40. The molecule has 0 saturated carbocycles. The predicted molar refractivity (Wildman–Crippen MR) is 177 cm³/mol. The Morgan fingerprint density at radius 1 is 0.432 bits per heavy atom. The maximum absolute atomic E-state index is 10.7. The molecule has 0 radical (unpaired) electrons. The summed E-state index contributed by atoms with van der Waals surface area (Å²) in [5.41, 5.74) is 11.7. The number of phenols is 1. The van der Waals surface area contributed by atoms with Crippen LogP contribution in [0.4, 0.5) is 0 Å². The van der Waals surface area contributed by atoms with Crippen LogP contribution in [0.2, 0.25) is 0 Å². The fourth-order valence-corrected chi connectivity index (χ4v) is 6.81. The normalized spacial score (nSPS) is 12.8. The second kappa shape index (κ2) is 10.5. The summed E-state index contributed by atoms with van der Waals surface area (Å²) in [7, 11) is 0. The number of hydrogen-bond acceptors (Lipinski definition) is 3. The van der Waals surface area contributed by atoms with Gasteiger partial charge in [0.25, 0.3) is 0 Å². The van der Waals surface area contributed by atoms with Crippen molar-refractivity contribution in [2.24, 2.45) is 0 Å². The molecule has 1 aliphatic rings. The number of aromatic nitrogens is 2. The van der Waals surface area contributed by atoms with Crippen LogP contribution in [0, 0.1) is 0 Å². The van der Waals surface area contributed by atoms with Crippen molar-refractivity contribution >= 4 is 0 Å². The molecule has 3 nitrogen and oxygen atoms in total. The zero-order chi connectivity index (χ0) is 29.5. The van der Waals surface area contributed by atoms with E-state index in [0.29, 0.717) is 0 Å². The molecule has 0 unspecified atom stereocenters. The lowest BCUT2D eigenvalue weighted by Gasteiger charge is -2.31. The number of rotatable bonds is 5. The van der Waals surface area contributed by atoms with Gasteiger partial charge in [-0.2, -0.15) is 0 Å². The van der Waals surface area contributed by atoms with Crippen LogP contribution in [0.1, 0.15) is 22.5 Å². The zero-order valence-electron chi connectivity index (χ0n) is 23.9. The Balaban J connectivity index is 1.41. The summed E-state index contributed by atoms with van der Waals surface area (Å²) in [5.74, 6) is 0.251. The van der Waals surface area contributed by atoms with Crippen molar-refractivity contribution in [2.45, 2.75) is 5.41 Å². The molecule has 7 aromatic rings. The molecule has 2 heterocycles. The van der Waals surface area contributed by atoms with Crippen LogP contribution < -0.4 is 0 Å². The van der Waals surface area contributed by atoms with Gasteiger partial charge in [-0.05, 0) is 75.3 Å². The summed E-state index contributed by atoms with van der Waals surface area (Å²) in [6, 6.07) is 53.9. The Kier molecular flexibility index (Phi) is 6.16. The third-order valence-corrected chi connectivity index (χ3v) is 8.73. The average molecular weight is 565 g/mol. The number of fused-ring (bicyclic) bond motifs is 3. The molecule has 0 atom stereocenters. The van der Waals surface area contributed by atoms with Gasteiger partial charge in [0.05, 0.1) is 17.1 Å². The van der Waals surface area contributed by atoms with Crippen molar-refractivity contribution in [3.8, 4) is 50.4 Å². The van der Waals surface area contributed by atoms with Gasteiger partial charge in [0.1, 0.15) is 11.2 Å². The molecule has 0 fully saturated rings. The van der Waals surface area contributed by atoms with E-state index in [4.69, 9.17) is 9.97 Å². The summed E-state index contributed by atoms with van der Waals surface area (Å²) < 4.78 is 0. The second-order valence-corrected chi connectivity index (χ2v) is 11.1. The standard InChI is InChI=1S/C41H28N2O/c44-38-21-9-6-15-31(38)29-24-25-30(28-13-2-1-3-14-28)34(27-29)37-20-12-23-40(43-37)41(39-22-10-11-26-42-39)35-18-7-4-16-32(35)33-17-5-8-19-36(33)41/h1-27,44H. The molecule has 0 bridgehead atoms. The van der Waals surface area contributed by atoms with Crippen LogP contribution in [0.15, 0.2) is 164 Å². The summed E-state index contributed by atoms with van der Waals surface area (Å²) in [5, 5.41) is 10.7. The Hall–Kier alpha value is -5.80. The minimum Gasteiger partial charge on any atom is -0.507 e. The Morgan fingerprint density at radius 3 is 1.77 bits per heavy atom. The van der Waals surface area contributed by atoms with Crippen LogP contribution >= 0.6 is 0 Å². The lowest BCUT2D eigenvalue weighted by atomic mass is 9.72. The quantitative estimate of drug-likeness (QED) is 0.226. The SMILES string of the molecule is Oc1ccccc1-c1ccc(-c2ccccc2)c(-c2cccc(C3(c4ccccn4)c4ccccc4-c4ccccc43)n2)c1. The van der Waals surface area contributed by atoms with Crippen molar-refractivity contribution in [1.82, 2.24) is 9.97 Å². The third kappa shape index (κ3) is 3.98. The minimum atomic E-state index is -0.688. The van der Waals surface area contributed by atoms with Gasteiger partial charge in [-0.25, -0.2) is 0 Å². The molecule has 0 aliphatic heterocycles. The smallest absolute Gasteiger partial charge is 0.123 e. The molecule has 3 heteroatoms. The van der Waals surface area contributed by atoms with Crippen LogP contribution in [-0.2, 0) is 5.41 Å². The molecule has 208 valence electrons. The van der Waals surface area contributed by atoms with Crippen LogP contribution in [0.5, 0.6) is 5.75 Å². The lowest BCUT2D eigenvalue weighted by Crippen LogP contribution is -2.31. The number of nitrogens with zero attached hydrogens (tertiary/aromatic N) is 2.